The van der Waals surface area contributed by atoms with Crippen molar-refractivity contribution in [2.75, 3.05) is 25.0 Å². The molecule has 0 radical (unpaired) electrons. The summed E-state index contributed by atoms with van der Waals surface area (Å²) in [5.74, 6) is 0.379. The molecular formula is C20H23FN4O. The number of benzene rings is 1. The monoisotopic (exact) mass is 354 g/mol. The van der Waals surface area contributed by atoms with Gasteiger partial charge in [0, 0.05) is 44.6 Å². The van der Waals surface area contributed by atoms with Crippen molar-refractivity contribution in [3.8, 4) is 0 Å². The summed E-state index contributed by atoms with van der Waals surface area (Å²) < 4.78 is 13.7. The van der Waals surface area contributed by atoms with E-state index in [4.69, 9.17) is 0 Å². The summed E-state index contributed by atoms with van der Waals surface area (Å²) in [5, 5.41) is 2.66. The van der Waals surface area contributed by atoms with Crippen molar-refractivity contribution in [2.45, 2.75) is 25.4 Å². The molecule has 0 atom stereocenters. The molecule has 26 heavy (non-hydrogen) atoms. The Morgan fingerprint density at radius 2 is 1.92 bits per heavy atom. The van der Waals surface area contributed by atoms with E-state index in [1.807, 2.05) is 24.5 Å². The van der Waals surface area contributed by atoms with Crippen LogP contribution >= 0.6 is 0 Å². The average molecular weight is 354 g/mol. The smallest absolute Gasteiger partial charge is 0.321 e. The number of nitrogens with one attached hydrogen (secondary N) is 1. The van der Waals surface area contributed by atoms with E-state index >= 15 is 0 Å². The second-order valence-corrected chi connectivity index (χ2v) is 7.20. The molecule has 2 heterocycles. The van der Waals surface area contributed by atoms with Crippen molar-refractivity contribution in [2.24, 2.45) is 5.92 Å². The number of para-hydroxylation sites is 1. The molecule has 1 aliphatic carbocycles. The lowest BCUT2D eigenvalue weighted by molar-refractivity contribution is 0.0530. The van der Waals surface area contributed by atoms with Crippen molar-refractivity contribution < 1.29 is 9.18 Å². The zero-order valence-corrected chi connectivity index (χ0v) is 14.6. The third-order valence-corrected chi connectivity index (χ3v) is 5.11. The molecule has 0 bridgehead atoms. The Kier molecular flexibility index (Phi) is 4.84. The number of urea groups is 1. The van der Waals surface area contributed by atoms with Crippen LogP contribution in [0.15, 0.2) is 48.8 Å². The summed E-state index contributed by atoms with van der Waals surface area (Å²) in [6.07, 6.45) is 6.24. The molecule has 136 valence electrons. The minimum absolute atomic E-state index is 0.229. The lowest BCUT2D eigenvalue weighted by atomic mass is 10.1. The minimum Gasteiger partial charge on any atom is -0.321 e. The van der Waals surface area contributed by atoms with Crippen LogP contribution in [0.25, 0.3) is 0 Å². The standard InChI is InChI=1S/C20H23FN4O/c21-18-3-1-2-4-19(18)23-20(26)25-13-17(14-25)24(11-15-5-6-15)12-16-7-9-22-10-8-16/h1-4,7-10,15,17H,5-6,11-14H2,(H,23,26). The number of rotatable bonds is 6. The molecule has 1 aliphatic heterocycles. The lowest BCUT2D eigenvalue weighted by Crippen LogP contribution is -2.62. The summed E-state index contributed by atoms with van der Waals surface area (Å²) in [5.41, 5.74) is 1.47. The van der Waals surface area contributed by atoms with Gasteiger partial charge in [-0.25, -0.2) is 9.18 Å². The molecule has 6 heteroatoms. The molecule has 1 aromatic heterocycles. The first kappa shape index (κ1) is 17.0. The molecular weight excluding hydrogens is 331 g/mol. The lowest BCUT2D eigenvalue weighted by Gasteiger charge is -2.45. The van der Waals surface area contributed by atoms with Gasteiger partial charge in [0.05, 0.1) is 5.69 Å². The maximum Gasteiger partial charge on any atom is 0.322 e. The van der Waals surface area contributed by atoms with Gasteiger partial charge in [-0.2, -0.15) is 0 Å². The Morgan fingerprint density at radius 1 is 1.19 bits per heavy atom. The summed E-state index contributed by atoms with van der Waals surface area (Å²) in [6.45, 7) is 3.32. The first-order valence-corrected chi connectivity index (χ1v) is 9.12. The quantitative estimate of drug-likeness (QED) is 0.865. The largest absolute Gasteiger partial charge is 0.322 e. The zero-order chi connectivity index (χ0) is 17.9. The maximum atomic E-state index is 13.7. The minimum atomic E-state index is -0.411. The molecule has 0 spiro atoms. The number of hydrogen-bond acceptors (Lipinski definition) is 3. The molecule has 1 saturated heterocycles. The highest BCUT2D eigenvalue weighted by Gasteiger charge is 2.37. The van der Waals surface area contributed by atoms with Crippen molar-refractivity contribution >= 4 is 11.7 Å². The number of amides is 2. The van der Waals surface area contributed by atoms with Crippen LogP contribution in [0.2, 0.25) is 0 Å². The maximum absolute atomic E-state index is 13.7. The number of hydrogen-bond donors (Lipinski definition) is 1. The van der Waals surface area contributed by atoms with Gasteiger partial charge < -0.3 is 10.2 Å². The molecule has 2 aromatic rings. The SMILES string of the molecule is O=C(Nc1ccccc1F)N1CC(N(Cc2ccncc2)CC2CC2)C1. The third-order valence-electron chi connectivity index (χ3n) is 5.11. The Hall–Kier alpha value is -2.47. The van der Waals surface area contributed by atoms with Gasteiger partial charge >= 0.3 is 6.03 Å². The van der Waals surface area contributed by atoms with Crippen molar-refractivity contribution in [1.82, 2.24) is 14.8 Å². The second-order valence-electron chi connectivity index (χ2n) is 7.20. The first-order valence-electron chi connectivity index (χ1n) is 9.12. The van der Waals surface area contributed by atoms with Gasteiger partial charge in [-0.3, -0.25) is 9.88 Å². The average Bonchev–Trinajstić information content (AvgIpc) is 3.40. The number of nitrogens with zero attached hydrogens (tertiary/aromatic N) is 3. The van der Waals surface area contributed by atoms with E-state index < -0.39 is 5.82 Å². The predicted molar refractivity (Wildman–Crippen MR) is 98.2 cm³/mol. The summed E-state index contributed by atoms with van der Waals surface area (Å²) in [7, 11) is 0. The number of carbonyl (C=O) groups is 1. The Morgan fingerprint density at radius 3 is 2.62 bits per heavy atom. The van der Waals surface area contributed by atoms with Gasteiger partial charge in [-0.05, 0) is 48.6 Å². The van der Waals surface area contributed by atoms with E-state index in [9.17, 15) is 9.18 Å². The van der Waals surface area contributed by atoms with E-state index in [0.717, 1.165) is 19.0 Å². The fourth-order valence-corrected chi connectivity index (χ4v) is 3.31. The fraction of sp³-hybridized carbons (Fsp3) is 0.400. The van der Waals surface area contributed by atoms with Crippen LogP contribution in [-0.2, 0) is 6.54 Å². The summed E-state index contributed by atoms with van der Waals surface area (Å²) in [4.78, 5) is 20.6. The molecule has 1 saturated carbocycles. The number of likely N-dealkylation sites (tertiary alicyclic amines) is 1. The van der Waals surface area contributed by atoms with Crippen molar-refractivity contribution in [3.63, 3.8) is 0 Å². The first-order chi connectivity index (χ1) is 12.7. The summed E-state index contributed by atoms with van der Waals surface area (Å²) in [6, 6.07) is 10.5. The fourth-order valence-electron chi connectivity index (χ4n) is 3.31. The van der Waals surface area contributed by atoms with Gasteiger partial charge in [0.15, 0.2) is 0 Å². The molecule has 1 aromatic carbocycles. The van der Waals surface area contributed by atoms with E-state index in [-0.39, 0.29) is 11.7 Å². The van der Waals surface area contributed by atoms with Gasteiger partial charge in [0.25, 0.3) is 0 Å². The van der Waals surface area contributed by atoms with Gasteiger partial charge in [-0.15, -0.1) is 0 Å². The molecule has 5 nitrogen and oxygen atoms in total. The van der Waals surface area contributed by atoms with E-state index in [1.54, 1.807) is 23.1 Å². The van der Waals surface area contributed by atoms with Crippen LogP contribution < -0.4 is 5.32 Å². The van der Waals surface area contributed by atoms with Crippen LogP contribution in [0.3, 0.4) is 0 Å². The number of carbonyl (C=O) groups excluding carboxylic acids is 1. The number of pyridine rings is 1. The van der Waals surface area contributed by atoms with E-state index in [0.29, 0.717) is 19.1 Å². The van der Waals surface area contributed by atoms with E-state index in [1.165, 1.54) is 24.5 Å². The number of halogens is 1. The van der Waals surface area contributed by atoms with Gasteiger partial charge in [-0.1, -0.05) is 12.1 Å². The highest BCUT2D eigenvalue weighted by Crippen LogP contribution is 2.32. The predicted octanol–water partition coefficient (Wildman–Crippen LogP) is 3.35. The number of aromatic nitrogens is 1. The van der Waals surface area contributed by atoms with Crippen LogP contribution in [0.5, 0.6) is 0 Å². The Labute approximate surface area is 152 Å². The van der Waals surface area contributed by atoms with E-state index in [2.05, 4.69) is 15.2 Å². The van der Waals surface area contributed by atoms with Gasteiger partial charge in [0.2, 0.25) is 0 Å². The second kappa shape index (κ2) is 7.41. The Bertz CT molecular complexity index is 759. The zero-order valence-electron chi connectivity index (χ0n) is 14.6. The topological polar surface area (TPSA) is 48.5 Å². The van der Waals surface area contributed by atoms with Crippen LogP contribution in [0.1, 0.15) is 18.4 Å². The van der Waals surface area contributed by atoms with Crippen molar-refractivity contribution in [1.29, 1.82) is 0 Å². The molecule has 2 fully saturated rings. The van der Waals surface area contributed by atoms with Crippen molar-refractivity contribution in [3.05, 3.63) is 60.2 Å². The van der Waals surface area contributed by atoms with Gasteiger partial charge in [0.1, 0.15) is 5.82 Å². The Balaban J connectivity index is 1.33. The molecule has 4 rings (SSSR count). The van der Waals surface area contributed by atoms with Crippen LogP contribution in [0, 0.1) is 11.7 Å². The summed E-state index contributed by atoms with van der Waals surface area (Å²) >= 11 is 0. The molecule has 0 unspecified atom stereocenters. The molecule has 1 N–H and O–H groups in total. The molecule has 2 amide bonds. The van der Waals surface area contributed by atoms with Crippen LogP contribution in [-0.4, -0.2) is 46.5 Å². The van der Waals surface area contributed by atoms with Crippen LogP contribution in [0.4, 0.5) is 14.9 Å². The highest BCUT2D eigenvalue weighted by molar-refractivity contribution is 5.90. The normalized spacial score (nSPS) is 17.2. The molecule has 2 aliphatic rings. The third kappa shape index (κ3) is 4.02. The number of anilines is 1. The highest BCUT2D eigenvalue weighted by atomic mass is 19.1.